The molecule has 7 nitrogen and oxygen atoms in total. The summed E-state index contributed by atoms with van der Waals surface area (Å²) in [6.45, 7) is -0.111. The van der Waals surface area contributed by atoms with Gasteiger partial charge in [-0.2, -0.15) is 0 Å². The summed E-state index contributed by atoms with van der Waals surface area (Å²) in [7, 11) is 1.27. The molecule has 0 saturated heterocycles. The summed E-state index contributed by atoms with van der Waals surface area (Å²) in [5.74, 6) is -1.13. The summed E-state index contributed by atoms with van der Waals surface area (Å²) in [5, 5.41) is 23.7. The van der Waals surface area contributed by atoms with Crippen molar-refractivity contribution in [2.24, 2.45) is 0 Å². The van der Waals surface area contributed by atoms with Crippen LogP contribution in [-0.4, -0.2) is 54.1 Å². The molecule has 0 aromatic carbocycles. The van der Waals surface area contributed by atoms with E-state index in [0.29, 0.717) is 6.42 Å². The molecule has 2 amide bonds. The zero-order valence-corrected chi connectivity index (χ0v) is 11.1. The van der Waals surface area contributed by atoms with Gasteiger partial charge < -0.3 is 25.6 Å². The van der Waals surface area contributed by atoms with Crippen molar-refractivity contribution in [2.75, 3.05) is 13.7 Å². The number of rotatable bonds is 5. The average Bonchev–Trinajstić information content (AvgIpc) is 2.55. The topological polar surface area (TPSA) is 108 Å². The van der Waals surface area contributed by atoms with E-state index in [2.05, 4.69) is 10.6 Å². The lowest BCUT2D eigenvalue weighted by Crippen LogP contribution is -2.49. The van der Waals surface area contributed by atoms with Crippen LogP contribution in [0.1, 0.15) is 32.1 Å². The highest BCUT2D eigenvalue weighted by atomic mass is 16.5. The van der Waals surface area contributed by atoms with Gasteiger partial charge in [-0.15, -0.1) is 0 Å². The standard InChI is InChI=1S/C12H22N2O5/c1-19-10(11(16)17)7-13-12(18)14-8-5-3-2-4-6-9(8)15/h8-10,15H,2-7H2,1H3,(H,16,17)(H2,13,14,18). The predicted molar refractivity (Wildman–Crippen MR) is 67.8 cm³/mol. The molecule has 0 aliphatic heterocycles. The van der Waals surface area contributed by atoms with Crippen LogP contribution in [0.5, 0.6) is 0 Å². The third-order valence-electron chi connectivity index (χ3n) is 3.30. The van der Waals surface area contributed by atoms with Gasteiger partial charge in [0, 0.05) is 7.11 Å². The Morgan fingerprint density at radius 2 is 2.00 bits per heavy atom. The minimum absolute atomic E-state index is 0.111. The first-order chi connectivity index (χ1) is 9.04. The van der Waals surface area contributed by atoms with Crippen molar-refractivity contribution in [3.05, 3.63) is 0 Å². The molecule has 3 unspecified atom stereocenters. The van der Waals surface area contributed by atoms with Crippen LogP contribution >= 0.6 is 0 Å². The van der Waals surface area contributed by atoms with Gasteiger partial charge in [0.1, 0.15) is 0 Å². The molecule has 1 fully saturated rings. The van der Waals surface area contributed by atoms with Crippen LogP contribution in [0.15, 0.2) is 0 Å². The number of nitrogens with one attached hydrogen (secondary N) is 2. The first-order valence-electron chi connectivity index (χ1n) is 6.52. The minimum Gasteiger partial charge on any atom is -0.479 e. The monoisotopic (exact) mass is 274 g/mol. The van der Waals surface area contributed by atoms with Crippen molar-refractivity contribution in [3.8, 4) is 0 Å². The summed E-state index contributed by atoms with van der Waals surface area (Å²) in [6, 6.07) is -0.748. The van der Waals surface area contributed by atoms with Crippen LogP contribution in [0, 0.1) is 0 Å². The second-order valence-corrected chi connectivity index (χ2v) is 4.73. The highest BCUT2D eigenvalue weighted by molar-refractivity contribution is 5.77. The number of amides is 2. The lowest BCUT2D eigenvalue weighted by molar-refractivity contribution is -0.147. The van der Waals surface area contributed by atoms with Gasteiger partial charge in [0.15, 0.2) is 6.10 Å². The van der Waals surface area contributed by atoms with Gasteiger partial charge in [-0.05, 0) is 12.8 Å². The number of hydrogen-bond donors (Lipinski definition) is 4. The number of aliphatic hydroxyl groups is 1. The van der Waals surface area contributed by atoms with E-state index in [1.165, 1.54) is 7.11 Å². The van der Waals surface area contributed by atoms with Crippen molar-refractivity contribution in [2.45, 2.75) is 50.4 Å². The van der Waals surface area contributed by atoms with E-state index in [1.54, 1.807) is 0 Å². The van der Waals surface area contributed by atoms with E-state index in [0.717, 1.165) is 25.7 Å². The minimum atomic E-state index is -1.13. The van der Waals surface area contributed by atoms with Crippen LogP contribution < -0.4 is 10.6 Å². The van der Waals surface area contributed by atoms with Gasteiger partial charge >= 0.3 is 12.0 Å². The number of urea groups is 1. The van der Waals surface area contributed by atoms with Crippen LogP contribution in [0.3, 0.4) is 0 Å². The first kappa shape index (κ1) is 15.7. The molecule has 0 heterocycles. The van der Waals surface area contributed by atoms with Gasteiger partial charge in [0.2, 0.25) is 0 Å². The van der Waals surface area contributed by atoms with Crippen molar-refractivity contribution in [1.29, 1.82) is 0 Å². The molecule has 1 aliphatic carbocycles. The fraction of sp³-hybridized carbons (Fsp3) is 0.833. The zero-order chi connectivity index (χ0) is 14.3. The Labute approximate surface area is 112 Å². The summed E-state index contributed by atoms with van der Waals surface area (Å²) in [5.41, 5.74) is 0. The number of ether oxygens (including phenoxy) is 1. The number of aliphatic hydroxyl groups excluding tert-OH is 1. The quantitative estimate of drug-likeness (QED) is 0.531. The summed E-state index contributed by atoms with van der Waals surface area (Å²) < 4.78 is 4.70. The Balaban J connectivity index is 2.35. The average molecular weight is 274 g/mol. The van der Waals surface area contributed by atoms with E-state index >= 15 is 0 Å². The smallest absolute Gasteiger partial charge is 0.334 e. The normalized spacial score (nSPS) is 25.2. The number of carboxylic acids is 1. The maximum absolute atomic E-state index is 11.6. The second-order valence-electron chi connectivity index (χ2n) is 4.73. The van der Waals surface area contributed by atoms with E-state index in [-0.39, 0.29) is 12.6 Å². The number of carbonyl (C=O) groups is 2. The molecule has 19 heavy (non-hydrogen) atoms. The maximum atomic E-state index is 11.6. The van der Waals surface area contributed by atoms with E-state index < -0.39 is 24.2 Å². The van der Waals surface area contributed by atoms with Crippen LogP contribution in [0.25, 0.3) is 0 Å². The SMILES string of the molecule is COC(CNC(=O)NC1CCCCCC1O)C(=O)O. The van der Waals surface area contributed by atoms with Gasteiger partial charge in [-0.1, -0.05) is 19.3 Å². The molecule has 0 bridgehead atoms. The van der Waals surface area contributed by atoms with Crippen molar-refractivity contribution in [1.82, 2.24) is 10.6 Å². The summed E-state index contributed by atoms with van der Waals surface area (Å²) in [4.78, 5) is 22.3. The van der Waals surface area contributed by atoms with Crippen LogP contribution in [0.4, 0.5) is 4.79 Å². The molecule has 1 rings (SSSR count). The Bertz CT molecular complexity index is 310. The Hall–Kier alpha value is -1.34. The number of aliphatic carboxylic acids is 1. The number of carbonyl (C=O) groups excluding carboxylic acids is 1. The van der Waals surface area contributed by atoms with Gasteiger partial charge in [0.05, 0.1) is 18.7 Å². The Morgan fingerprint density at radius 1 is 1.32 bits per heavy atom. The number of methoxy groups -OCH3 is 1. The van der Waals surface area contributed by atoms with Crippen LogP contribution in [-0.2, 0) is 9.53 Å². The largest absolute Gasteiger partial charge is 0.479 e. The van der Waals surface area contributed by atoms with Crippen molar-refractivity contribution < 1.29 is 24.5 Å². The lowest BCUT2D eigenvalue weighted by atomic mass is 10.1. The Morgan fingerprint density at radius 3 is 2.63 bits per heavy atom. The lowest BCUT2D eigenvalue weighted by Gasteiger charge is -2.22. The highest BCUT2D eigenvalue weighted by Crippen LogP contribution is 2.17. The molecule has 1 saturated carbocycles. The fourth-order valence-electron chi connectivity index (χ4n) is 2.13. The van der Waals surface area contributed by atoms with Gasteiger partial charge in [-0.25, -0.2) is 9.59 Å². The highest BCUT2D eigenvalue weighted by Gasteiger charge is 2.24. The van der Waals surface area contributed by atoms with Crippen molar-refractivity contribution >= 4 is 12.0 Å². The molecule has 4 N–H and O–H groups in total. The first-order valence-corrected chi connectivity index (χ1v) is 6.52. The number of carboxylic acid groups (broad SMARTS) is 1. The molecule has 1 aliphatic rings. The third-order valence-corrected chi connectivity index (χ3v) is 3.30. The van der Waals surface area contributed by atoms with E-state index in [9.17, 15) is 14.7 Å². The molecule has 0 spiro atoms. The summed E-state index contributed by atoms with van der Waals surface area (Å²) >= 11 is 0. The molecule has 0 aromatic rings. The molecule has 110 valence electrons. The molecule has 0 aromatic heterocycles. The third kappa shape index (κ3) is 5.44. The Kier molecular flexibility index (Phi) is 6.58. The number of hydrogen-bond acceptors (Lipinski definition) is 4. The second kappa shape index (κ2) is 7.96. The van der Waals surface area contributed by atoms with Gasteiger partial charge in [-0.3, -0.25) is 0 Å². The van der Waals surface area contributed by atoms with Gasteiger partial charge in [0.25, 0.3) is 0 Å². The summed E-state index contributed by atoms with van der Waals surface area (Å²) in [6.07, 6.45) is 2.81. The molecular weight excluding hydrogens is 252 g/mol. The van der Waals surface area contributed by atoms with Crippen LogP contribution in [0.2, 0.25) is 0 Å². The van der Waals surface area contributed by atoms with Crippen molar-refractivity contribution in [3.63, 3.8) is 0 Å². The van der Waals surface area contributed by atoms with E-state index in [1.807, 2.05) is 0 Å². The molecule has 0 radical (unpaired) electrons. The molecule has 3 atom stereocenters. The maximum Gasteiger partial charge on any atom is 0.334 e. The zero-order valence-electron chi connectivity index (χ0n) is 11.1. The van der Waals surface area contributed by atoms with E-state index in [4.69, 9.17) is 9.84 Å². The fourth-order valence-corrected chi connectivity index (χ4v) is 2.13. The molecular formula is C12H22N2O5. The predicted octanol–water partition coefficient (Wildman–Crippen LogP) is 0.0788. The molecule has 7 heteroatoms.